The molecule has 3 aromatic carbocycles. The number of amides is 1. The number of rotatable bonds is 10. The number of hydrogen-bond acceptors (Lipinski definition) is 6. The van der Waals surface area contributed by atoms with E-state index in [0.29, 0.717) is 17.3 Å². The van der Waals surface area contributed by atoms with Crippen molar-refractivity contribution in [3.63, 3.8) is 0 Å². The predicted octanol–water partition coefficient (Wildman–Crippen LogP) is 7.07. The van der Waals surface area contributed by atoms with Crippen LogP contribution in [0.4, 0.5) is 11.4 Å². The van der Waals surface area contributed by atoms with Gasteiger partial charge in [-0.2, -0.15) is 0 Å². The van der Waals surface area contributed by atoms with Crippen molar-refractivity contribution in [2.24, 2.45) is 0 Å². The van der Waals surface area contributed by atoms with Gasteiger partial charge in [0.15, 0.2) is 5.76 Å². The fourth-order valence-electron chi connectivity index (χ4n) is 3.53. The fraction of sp³-hybridized carbons (Fsp3) is 0.179. The first-order valence-corrected chi connectivity index (χ1v) is 11.6. The van der Waals surface area contributed by atoms with Crippen LogP contribution in [0.3, 0.4) is 0 Å². The first kappa shape index (κ1) is 24.5. The van der Waals surface area contributed by atoms with E-state index in [4.69, 9.17) is 13.9 Å². The van der Waals surface area contributed by atoms with E-state index < -0.39 is 10.8 Å². The third-order valence-corrected chi connectivity index (χ3v) is 5.35. The van der Waals surface area contributed by atoms with Crippen LogP contribution in [0.2, 0.25) is 0 Å². The van der Waals surface area contributed by atoms with Crippen molar-refractivity contribution >= 4 is 17.3 Å². The minimum Gasteiger partial charge on any atom is -0.486 e. The molecule has 8 nitrogen and oxygen atoms in total. The molecule has 0 aliphatic carbocycles. The molecule has 1 N–H and O–H groups in total. The summed E-state index contributed by atoms with van der Waals surface area (Å²) in [5, 5.41) is 14.0. The second-order valence-electron chi connectivity index (χ2n) is 8.29. The first-order chi connectivity index (χ1) is 17.4. The Morgan fingerprint density at radius 1 is 0.944 bits per heavy atom. The number of hydrogen-bond donors (Lipinski definition) is 1. The highest BCUT2D eigenvalue weighted by atomic mass is 16.6. The maximum atomic E-state index is 12.7. The number of nitro benzene ring substituents is 1. The number of nitrogens with one attached hydrogen (secondary N) is 1. The molecule has 4 aromatic rings. The Labute approximate surface area is 208 Å². The zero-order valence-corrected chi connectivity index (χ0v) is 20.0. The van der Waals surface area contributed by atoms with Gasteiger partial charge in [0, 0.05) is 12.1 Å². The zero-order chi connectivity index (χ0) is 25.5. The SMILES string of the molecule is CCCc1ccc(OCc2ccc(C(=O)Nc3cc(Oc4ccc(C)cc4)cc([N+](=O)[O-])c3)o2)cc1. The highest BCUT2D eigenvalue weighted by molar-refractivity contribution is 6.02. The van der Waals surface area contributed by atoms with Crippen LogP contribution >= 0.6 is 0 Å². The number of aryl methyl sites for hydroxylation is 2. The third kappa shape index (κ3) is 6.50. The van der Waals surface area contributed by atoms with Crippen LogP contribution in [0, 0.1) is 17.0 Å². The lowest BCUT2D eigenvalue weighted by atomic mass is 10.1. The largest absolute Gasteiger partial charge is 0.486 e. The molecule has 0 aliphatic heterocycles. The van der Waals surface area contributed by atoms with Gasteiger partial charge in [-0.25, -0.2) is 0 Å². The highest BCUT2D eigenvalue weighted by Gasteiger charge is 2.16. The minimum absolute atomic E-state index is 0.0550. The number of carbonyl (C=O) groups excluding carboxylic acids is 1. The average molecular weight is 487 g/mol. The summed E-state index contributed by atoms with van der Waals surface area (Å²) in [6.07, 6.45) is 2.09. The topological polar surface area (TPSA) is 104 Å². The summed E-state index contributed by atoms with van der Waals surface area (Å²) in [4.78, 5) is 23.6. The second kappa shape index (κ2) is 11.2. The number of nitrogens with zero attached hydrogens (tertiary/aromatic N) is 1. The molecule has 1 aromatic heterocycles. The molecule has 1 amide bonds. The van der Waals surface area contributed by atoms with Crippen LogP contribution < -0.4 is 14.8 Å². The van der Waals surface area contributed by atoms with E-state index in [1.165, 1.54) is 29.8 Å². The maximum absolute atomic E-state index is 12.7. The van der Waals surface area contributed by atoms with Gasteiger partial charge >= 0.3 is 0 Å². The second-order valence-corrected chi connectivity index (χ2v) is 8.29. The van der Waals surface area contributed by atoms with Gasteiger partial charge in [0.1, 0.15) is 29.6 Å². The maximum Gasteiger partial charge on any atom is 0.291 e. The normalized spacial score (nSPS) is 10.6. The van der Waals surface area contributed by atoms with Crippen LogP contribution in [0.5, 0.6) is 17.2 Å². The molecule has 0 aliphatic rings. The molecular weight excluding hydrogens is 460 g/mol. The lowest BCUT2D eigenvalue weighted by Gasteiger charge is -2.09. The lowest BCUT2D eigenvalue weighted by molar-refractivity contribution is -0.384. The number of nitro groups is 1. The fourth-order valence-corrected chi connectivity index (χ4v) is 3.53. The number of benzene rings is 3. The summed E-state index contributed by atoms with van der Waals surface area (Å²) < 4.78 is 17.1. The summed E-state index contributed by atoms with van der Waals surface area (Å²) in [6, 6.07) is 22.4. The van der Waals surface area contributed by atoms with E-state index >= 15 is 0 Å². The number of non-ortho nitro benzene ring substituents is 1. The molecule has 0 saturated heterocycles. The van der Waals surface area contributed by atoms with Gasteiger partial charge in [0.2, 0.25) is 0 Å². The van der Waals surface area contributed by atoms with Crippen molar-refractivity contribution in [1.82, 2.24) is 0 Å². The Balaban J connectivity index is 1.42. The minimum atomic E-state index is -0.549. The quantitative estimate of drug-likeness (QED) is 0.190. The van der Waals surface area contributed by atoms with Gasteiger partial charge in [0.25, 0.3) is 11.6 Å². The van der Waals surface area contributed by atoms with Gasteiger partial charge in [0.05, 0.1) is 16.7 Å². The third-order valence-electron chi connectivity index (χ3n) is 5.35. The van der Waals surface area contributed by atoms with Crippen molar-refractivity contribution < 1.29 is 23.6 Å². The van der Waals surface area contributed by atoms with E-state index in [0.717, 1.165) is 18.4 Å². The van der Waals surface area contributed by atoms with Crippen LogP contribution in [0.25, 0.3) is 0 Å². The van der Waals surface area contributed by atoms with Gasteiger partial charge in [-0.15, -0.1) is 0 Å². The van der Waals surface area contributed by atoms with Gasteiger partial charge in [-0.3, -0.25) is 14.9 Å². The predicted molar refractivity (Wildman–Crippen MR) is 136 cm³/mol. The van der Waals surface area contributed by atoms with Gasteiger partial charge in [-0.05, 0) is 55.3 Å². The Hall–Kier alpha value is -4.59. The molecule has 0 bridgehead atoms. The van der Waals surface area contributed by atoms with Crippen LogP contribution in [-0.2, 0) is 13.0 Å². The molecule has 184 valence electrons. The molecule has 36 heavy (non-hydrogen) atoms. The van der Waals surface area contributed by atoms with Gasteiger partial charge in [-0.1, -0.05) is 43.2 Å². The van der Waals surface area contributed by atoms with Crippen LogP contribution in [0.1, 0.15) is 40.8 Å². The van der Waals surface area contributed by atoms with E-state index in [9.17, 15) is 14.9 Å². The van der Waals surface area contributed by atoms with E-state index in [2.05, 4.69) is 12.2 Å². The summed E-state index contributed by atoms with van der Waals surface area (Å²) in [7, 11) is 0. The molecule has 1 heterocycles. The first-order valence-electron chi connectivity index (χ1n) is 11.6. The molecule has 0 spiro atoms. The van der Waals surface area contributed by atoms with Crippen LogP contribution in [-0.4, -0.2) is 10.8 Å². The lowest BCUT2D eigenvalue weighted by Crippen LogP contribution is -2.11. The molecular formula is C28H26N2O6. The monoisotopic (exact) mass is 486 g/mol. The number of furan rings is 1. The van der Waals surface area contributed by atoms with Gasteiger partial charge < -0.3 is 19.2 Å². The summed E-state index contributed by atoms with van der Waals surface area (Å²) in [5.74, 6) is 1.43. The molecule has 0 atom stereocenters. The number of ether oxygens (including phenoxy) is 2. The summed E-state index contributed by atoms with van der Waals surface area (Å²) in [6.45, 7) is 4.24. The Morgan fingerprint density at radius 2 is 1.67 bits per heavy atom. The molecule has 8 heteroatoms. The Bertz CT molecular complexity index is 1340. The molecule has 0 unspecified atom stereocenters. The standard InChI is InChI=1S/C28H26N2O6/c1-3-4-20-7-11-23(12-8-20)34-18-25-13-14-27(36-25)28(31)29-21-15-22(30(32)33)17-26(16-21)35-24-9-5-19(2)6-10-24/h5-17H,3-4,18H2,1-2H3,(H,29,31). The van der Waals surface area contributed by atoms with E-state index in [1.807, 2.05) is 43.3 Å². The van der Waals surface area contributed by atoms with Crippen molar-refractivity contribution in [2.75, 3.05) is 5.32 Å². The zero-order valence-electron chi connectivity index (χ0n) is 20.0. The number of carbonyl (C=O) groups is 1. The number of anilines is 1. The van der Waals surface area contributed by atoms with Crippen molar-refractivity contribution in [3.05, 3.63) is 112 Å². The van der Waals surface area contributed by atoms with Crippen molar-refractivity contribution in [3.8, 4) is 17.2 Å². The Kier molecular flexibility index (Phi) is 7.65. The molecule has 0 radical (unpaired) electrons. The smallest absolute Gasteiger partial charge is 0.291 e. The van der Waals surface area contributed by atoms with Crippen molar-refractivity contribution in [1.29, 1.82) is 0 Å². The highest BCUT2D eigenvalue weighted by Crippen LogP contribution is 2.30. The summed E-state index contributed by atoms with van der Waals surface area (Å²) in [5.41, 5.74) is 2.30. The van der Waals surface area contributed by atoms with Crippen molar-refractivity contribution in [2.45, 2.75) is 33.3 Å². The molecule has 0 fully saturated rings. The van der Waals surface area contributed by atoms with Crippen LogP contribution in [0.15, 0.2) is 83.3 Å². The Morgan fingerprint density at radius 3 is 2.36 bits per heavy atom. The molecule has 4 rings (SSSR count). The van der Waals surface area contributed by atoms with E-state index in [1.54, 1.807) is 18.2 Å². The van der Waals surface area contributed by atoms with E-state index in [-0.39, 0.29) is 29.5 Å². The summed E-state index contributed by atoms with van der Waals surface area (Å²) >= 11 is 0. The molecule has 0 saturated carbocycles. The average Bonchev–Trinajstić information content (AvgIpc) is 3.34.